The molecule has 0 radical (unpaired) electrons. The van der Waals surface area contributed by atoms with E-state index in [2.05, 4.69) is 15.6 Å². The Morgan fingerprint density at radius 1 is 1.20 bits per heavy atom. The average molecular weight is 275 g/mol. The summed E-state index contributed by atoms with van der Waals surface area (Å²) >= 11 is 0. The second kappa shape index (κ2) is 6.70. The number of likely N-dealkylation sites (N-methyl/N-ethyl adjacent to an activating group) is 1. The maximum atomic E-state index is 11.6. The van der Waals surface area contributed by atoms with Crippen LogP contribution in [0, 0.1) is 0 Å². The molecule has 1 heterocycles. The van der Waals surface area contributed by atoms with Crippen molar-refractivity contribution in [3.63, 3.8) is 0 Å². The van der Waals surface area contributed by atoms with Crippen molar-refractivity contribution in [2.45, 2.75) is 19.8 Å². The van der Waals surface area contributed by atoms with Crippen molar-refractivity contribution in [3.8, 4) is 0 Å². The number of benzene rings is 1. The molecule has 0 fully saturated rings. The van der Waals surface area contributed by atoms with Crippen LogP contribution in [0.1, 0.15) is 19.2 Å². The van der Waals surface area contributed by atoms with E-state index in [0.717, 1.165) is 5.52 Å². The fraction of sp³-hybridized carbons (Fsp3) is 0.357. The van der Waals surface area contributed by atoms with E-state index < -0.39 is 0 Å². The number of carbonyl (C=O) groups excluding carboxylic acids is 2. The Hall–Kier alpha value is -2.37. The molecule has 0 saturated carbocycles. The predicted molar refractivity (Wildman–Crippen MR) is 74.0 cm³/mol. The summed E-state index contributed by atoms with van der Waals surface area (Å²) in [6, 6.07) is 7.45. The van der Waals surface area contributed by atoms with Gasteiger partial charge in [0.15, 0.2) is 11.5 Å². The van der Waals surface area contributed by atoms with Crippen LogP contribution >= 0.6 is 0 Å². The summed E-state index contributed by atoms with van der Waals surface area (Å²) in [4.78, 5) is 27.0. The van der Waals surface area contributed by atoms with Gasteiger partial charge in [-0.25, -0.2) is 4.98 Å². The van der Waals surface area contributed by atoms with Crippen LogP contribution < -0.4 is 10.6 Å². The third kappa shape index (κ3) is 3.81. The number of carbonyl (C=O) groups is 2. The van der Waals surface area contributed by atoms with Crippen LogP contribution in [0.25, 0.3) is 11.1 Å². The van der Waals surface area contributed by atoms with Gasteiger partial charge in [0.1, 0.15) is 5.52 Å². The monoisotopic (exact) mass is 275 g/mol. The van der Waals surface area contributed by atoms with Crippen molar-refractivity contribution in [2.75, 3.05) is 13.1 Å². The van der Waals surface area contributed by atoms with E-state index in [9.17, 15) is 9.59 Å². The lowest BCUT2D eigenvalue weighted by molar-refractivity contribution is -0.126. The number of aryl methyl sites for hydroxylation is 1. The maximum absolute atomic E-state index is 11.6. The van der Waals surface area contributed by atoms with Gasteiger partial charge in [-0.2, -0.15) is 0 Å². The topological polar surface area (TPSA) is 84.2 Å². The standard InChI is InChI=1S/C14H17N3O3/c1-2-15-13(19)9-16-12(18)7-8-14-17-10-5-3-4-6-11(10)20-14/h3-6H,2,7-9H2,1H3,(H,15,19)(H,16,18). The fourth-order valence-corrected chi connectivity index (χ4v) is 1.77. The minimum atomic E-state index is -0.196. The Balaban J connectivity index is 1.79. The summed E-state index contributed by atoms with van der Waals surface area (Å²) in [6.45, 7) is 2.38. The molecule has 0 unspecified atom stereocenters. The fourth-order valence-electron chi connectivity index (χ4n) is 1.77. The van der Waals surface area contributed by atoms with Gasteiger partial charge >= 0.3 is 0 Å². The van der Waals surface area contributed by atoms with Crippen molar-refractivity contribution in [2.24, 2.45) is 0 Å². The number of fused-ring (bicyclic) bond motifs is 1. The second-order valence-electron chi connectivity index (χ2n) is 4.31. The summed E-state index contributed by atoms with van der Waals surface area (Å²) in [6.07, 6.45) is 0.655. The highest BCUT2D eigenvalue weighted by Gasteiger charge is 2.09. The van der Waals surface area contributed by atoms with Gasteiger partial charge in [0.05, 0.1) is 6.54 Å². The second-order valence-corrected chi connectivity index (χ2v) is 4.31. The quantitative estimate of drug-likeness (QED) is 0.824. The molecule has 0 aliphatic rings. The van der Waals surface area contributed by atoms with E-state index in [4.69, 9.17) is 4.42 Å². The Morgan fingerprint density at radius 3 is 2.75 bits per heavy atom. The van der Waals surface area contributed by atoms with E-state index in [-0.39, 0.29) is 24.8 Å². The van der Waals surface area contributed by atoms with Crippen LogP contribution in [0.2, 0.25) is 0 Å². The molecule has 6 heteroatoms. The molecule has 1 aromatic heterocycles. The lowest BCUT2D eigenvalue weighted by atomic mass is 10.3. The first-order chi connectivity index (χ1) is 9.69. The normalized spacial score (nSPS) is 10.4. The molecule has 2 aromatic rings. The molecule has 1 aromatic carbocycles. The van der Waals surface area contributed by atoms with Gasteiger partial charge in [-0.1, -0.05) is 12.1 Å². The molecule has 0 saturated heterocycles. The number of nitrogens with one attached hydrogen (secondary N) is 2. The van der Waals surface area contributed by atoms with Crippen LogP contribution in [-0.2, 0) is 16.0 Å². The summed E-state index contributed by atoms with van der Waals surface area (Å²) in [5, 5.41) is 5.16. The van der Waals surface area contributed by atoms with Gasteiger partial charge in [0.25, 0.3) is 0 Å². The van der Waals surface area contributed by atoms with Gasteiger partial charge in [-0.3, -0.25) is 9.59 Å². The minimum absolute atomic E-state index is 0.000230. The van der Waals surface area contributed by atoms with E-state index in [1.807, 2.05) is 31.2 Å². The van der Waals surface area contributed by atoms with Crippen LogP contribution in [0.3, 0.4) is 0 Å². The summed E-state index contributed by atoms with van der Waals surface area (Å²) in [5.74, 6) is 0.139. The van der Waals surface area contributed by atoms with Gasteiger partial charge < -0.3 is 15.1 Å². The molecular formula is C14H17N3O3. The molecule has 0 atom stereocenters. The highest BCUT2D eigenvalue weighted by molar-refractivity contribution is 5.84. The Labute approximate surface area is 116 Å². The van der Waals surface area contributed by atoms with Crippen LogP contribution in [0.15, 0.2) is 28.7 Å². The molecule has 6 nitrogen and oxygen atoms in total. The molecule has 2 N–H and O–H groups in total. The smallest absolute Gasteiger partial charge is 0.239 e. The number of nitrogens with zero attached hydrogens (tertiary/aromatic N) is 1. The summed E-state index contributed by atoms with van der Waals surface area (Å²) in [7, 11) is 0. The first kappa shape index (κ1) is 14.0. The number of amides is 2. The molecule has 20 heavy (non-hydrogen) atoms. The lowest BCUT2D eigenvalue weighted by Crippen LogP contribution is -2.36. The van der Waals surface area contributed by atoms with Crippen molar-refractivity contribution in [3.05, 3.63) is 30.2 Å². The zero-order valence-electron chi connectivity index (χ0n) is 11.3. The molecule has 0 aliphatic heterocycles. The minimum Gasteiger partial charge on any atom is -0.441 e. The molecule has 0 aliphatic carbocycles. The number of rotatable bonds is 6. The SMILES string of the molecule is CCNC(=O)CNC(=O)CCc1nc2ccccc2o1. The van der Waals surface area contributed by atoms with Gasteiger partial charge in [0.2, 0.25) is 11.8 Å². The zero-order valence-corrected chi connectivity index (χ0v) is 11.3. The highest BCUT2D eigenvalue weighted by atomic mass is 16.3. The molecule has 2 amide bonds. The first-order valence-corrected chi connectivity index (χ1v) is 6.57. The van der Waals surface area contributed by atoms with Crippen molar-refractivity contribution in [1.82, 2.24) is 15.6 Å². The lowest BCUT2D eigenvalue weighted by Gasteiger charge is -2.04. The number of hydrogen-bond acceptors (Lipinski definition) is 4. The van der Waals surface area contributed by atoms with Crippen LogP contribution in [-0.4, -0.2) is 29.9 Å². The summed E-state index contributed by atoms with van der Waals surface area (Å²) in [5.41, 5.74) is 1.50. The van der Waals surface area contributed by atoms with Crippen molar-refractivity contribution >= 4 is 22.9 Å². The zero-order chi connectivity index (χ0) is 14.4. The number of oxazole rings is 1. The van der Waals surface area contributed by atoms with Crippen molar-refractivity contribution in [1.29, 1.82) is 0 Å². The average Bonchev–Trinajstić information content (AvgIpc) is 2.86. The number of aromatic nitrogens is 1. The number of para-hydroxylation sites is 2. The Bertz CT molecular complexity index is 573. The Morgan fingerprint density at radius 2 is 2.00 bits per heavy atom. The van der Waals surface area contributed by atoms with Crippen LogP contribution in [0.4, 0.5) is 0 Å². The van der Waals surface area contributed by atoms with Gasteiger partial charge in [0, 0.05) is 19.4 Å². The number of hydrogen-bond donors (Lipinski definition) is 2. The molecule has 2 rings (SSSR count). The molecule has 0 bridgehead atoms. The van der Waals surface area contributed by atoms with Gasteiger partial charge in [-0.15, -0.1) is 0 Å². The largest absolute Gasteiger partial charge is 0.441 e. The van der Waals surface area contributed by atoms with E-state index in [1.165, 1.54) is 0 Å². The predicted octanol–water partition coefficient (Wildman–Crippen LogP) is 1.01. The molecular weight excluding hydrogens is 258 g/mol. The van der Waals surface area contributed by atoms with E-state index in [0.29, 0.717) is 24.4 Å². The molecule has 0 spiro atoms. The summed E-state index contributed by atoms with van der Waals surface area (Å²) < 4.78 is 5.51. The third-order valence-electron chi connectivity index (χ3n) is 2.72. The van der Waals surface area contributed by atoms with Crippen LogP contribution in [0.5, 0.6) is 0 Å². The molecule has 106 valence electrons. The van der Waals surface area contributed by atoms with E-state index >= 15 is 0 Å². The first-order valence-electron chi connectivity index (χ1n) is 6.57. The highest BCUT2D eigenvalue weighted by Crippen LogP contribution is 2.15. The third-order valence-corrected chi connectivity index (χ3v) is 2.72. The maximum Gasteiger partial charge on any atom is 0.239 e. The van der Waals surface area contributed by atoms with Crippen molar-refractivity contribution < 1.29 is 14.0 Å². The van der Waals surface area contributed by atoms with E-state index in [1.54, 1.807) is 0 Å². The Kier molecular flexibility index (Phi) is 4.70. The van der Waals surface area contributed by atoms with Gasteiger partial charge in [-0.05, 0) is 19.1 Å².